The fourth-order valence-corrected chi connectivity index (χ4v) is 2.11. The minimum Gasteiger partial charge on any atom is -0.496 e. The average molecular weight is 297 g/mol. The van der Waals surface area contributed by atoms with Crippen molar-refractivity contribution in [1.82, 2.24) is 0 Å². The first-order chi connectivity index (χ1) is 8.29. The maximum absolute atomic E-state index is 5.32. The zero-order valence-corrected chi connectivity index (χ0v) is 11.2. The van der Waals surface area contributed by atoms with Gasteiger partial charge in [0.15, 0.2) is 5.76 Å². The van der Waals surface area contributed by atoms with Crippen LogP contribution in [0.1, 0.15) is 11.3 Å². The van der Waals surface area contributed by atoms with Crippen LogP contribution < -0.4 is 10.1 Å². The number of nitrogens with two attached hydrogens (primary N) is 1. The first-order valence-electron chi connectivity index (χ1n) is 5.46. The van der Waals surface area contributed by atoms with Crippen molar-refractivity contribution in [2.24, 2.45) is 0 Å². The molecule has 17 heavy (non-hydrogen) atoms. The number of hydrogen-bond donors (Lipinski definition) is 1. The van der Waals surface area contributed by atoms with Crippen molar-refractivity contribution < 1.29 is 14.5 Å². The predicted octanol–water partition coefficient (Wildman–Crippen LogP) is 2.31. The molecule has 0 spiro atoms. The van der Waals surface area contributed by atoms with Crippen molar-refractivity contribution in [3.63, 3.8) is 0 Å². The summed E-state index contributed by atoms with van der Waals surface area (Å²) in [6.07, 6.45) is 1.70. The predicted molar refractivity (Wildman–Crippen MR) is 68.7 cm³/mol. The van der Waals surface area contributed by atoms with Crippen LogP contribution >= 0.6 is 15.9 Å². The summed E-state index contributed by atoms with van der Waals surface area (Å²) in [5, 5.41) is 2.18. The number of methoxy groups -OCH3 is 1. The minimum atomic E-state index is 0.836. The Bertz CT molecular complexity index is 468. The van der Waals surface area contributed by atoms with E-state index in [4.69, 9.17) is 9.15 Å². The van der Waals surface area contributed by atoms with Gasteiger partial charge in [0.1, 0.15) is 18.8 Å². The summed E-state index contributed by atoms with van der Waals surface area (Å²) in [6.45, 7) is 1.70. The Morgan fingerprint density at radius 1 is 1.29 bits per heavy atom. The van der Waals surface area contributed by atoms with Crippen molar-refractivity contribution >= 4 is 15.9 Å². The standard InChI is InChI=1S/C13H14BrNO2/c1-16-13-5-4-11(14)7-10(13)8-15-9-12-3-2-6-17-12/h2-7,15H,8-9H2,1H3/p+1. The number of halogens is 1. The first kappa shape index (κ1) is 12.2. The first-order valence-corrected chi connectivity index (χ1v) is 6.25. The number of furan rings is 1. The molecule has 0 unspecified atom stereocenters. The van der Waals surface area contributed by atoms with Crippen molar-refractivity contribution in [2.45, 2.75) is 13.1 Å². The second-order valence-electron chi connectivity index (χ2n) is 3.73. The maximum Gasteiger partial charge on any atom is 0.157 e. The maximum atomic E-state index is 5.32. The molecule has 4 heteroatoms. The number of benzene rings is 1. The fourth-order valence-electron chi connectivity index (χ4n) is 1.71. The third-order valence-corrected chi connectivity index (χ3v) is 3.03. The monoisotopic (exact) mass is 296 g/mol. The zero-order valence-electron chi connectivity index (χ0n) is 9.65. The minimum absolute atomic E-state index is 0.836. The van der Waals surface area contributed by atoms with Crippen molar-refractivity contribution in [3.05, 3.63) is 52.4 Å². The van der Waals surface area contributed by atoms with E-state index in [0.29, 0.717) is 0 Å². The average Bonchev–Trinajstić information content (AvgIpc) is 2.82. The highest BCUT2D eigenvalue weighted by Gasteiger charge is 2.06. The molecule has 0 amide bonds. The van der Waals surface area contributed by atoms with Crippen molar-refractivity contribution in [2.75, 3.05) is 7.11 Å². The molecule has 0 aliphatic rings. The van der Waals surface area contributed by atoms with E-state index >= 15 is 0 Å². The Morgan fingerprint density at radius 3 is 2.88 bits per heavy atom. The number of ether oxygens (including phenoxy) is 1. The molecule has 0 atom stereocenters. The molecule has 0 saturated carbocycles. The third kappa shape index (κ3) is 3.35. The lowest BCUT2D eigenvalue weighted by atomic mass is 10.2. The van der Waals surface area contributed by atoms with Gasteiger partial charge in [-0.1, -0.05) is 15.9 Å². The molecule has 90 valence electrons. The topological polar surface area (TPSA) is 39.0 Å². The summed E-state index contributed by atoms with van der Waals surface area (Å²) < 4.78 is 11.7. The second-order valence-corrected chi connectivity index (χ2v) is 4.65. The summed E-state index contributed by atoms with van der Waals surface area (Å²) >= 11 is 3.47. The number of quaternary nitrogens is 1. The Labute approximate surface area is 109 Å². The van der Waals surface area contributed by atoms with Gasteiger partial charge in [-0.15, -0.1) is 0 Å². The van der Waals surface area contributed by atoms with Gasteiger partial charge in [0.2, 0.25) is 0 Å². The summed E-state index contributed by atoms with van der Waals surface area (Å²) in [4.78, 5) is 0. The van der Waals surface area contributed by atoms with E-state index in [2.05, 4.69) is 27.3 Å². The molecule has 0 saturated heterocycles. The van der Waals surface area contributed by atoms with Gasteiger partial charge >= 0.3 is 0 Å². The van der Waals surface area contributed by atoms with Crippen LogP contribution in [-0.2, 0) is 13.1 Å². The molecule has 3 nitrogen and oxygen atoms in total. The molecule has 1 aromatic carbocycles. The van der Waals surface area contributed by atoms with Gasteiger partial charge in [-0.2, -0.15) is 0 Å². The van der Waals surface area contributed by atoms with Gasteiger partial charge in [-0.25, -0.2) is 0 Å². The van der Waals surface area contributed by atoms with Crippen LogP contribution in [0.5, 0.6) is 5.75 Å². The van der Waals surface area contributed by atoms with Crippen LogP contribution in [0.25, 0.3) is 0 Å². The molecule has 2 rings (SSSR count). The highest BCUT2D eigenvalue weighted by atomic mass is 79.9. The van der Waals surface area contributed by atoms with Crippen LogP contribution in [-0.4, -0.2) is 7.11 Å². The van der Waals surface area contributed by atoms with E-state index in [1.165, 1.54) is 5.56 Å². The largest absolute Gasteiger partial charge is 0.496 e. The Balaban J connectivity index is 1.96. The van der Waals surface area contributed by atoms with Crippen LogP contribution in [0, 0.1) is 0 Å². The zero-order chi connectivity index (χ0) is 12.1. The lowest BCUT2D eigenvalue weighted by Gasteiger charge is -2.07. The smallest absolute Gasteiger partial charge is 0.157 e. The van der Waals surface area contributed by atoms with Gasteiger partial charge in [-0.05, 0) is 30.3 Å². The van der Waals surface area contributed by atoms with Gasteiger partial charge in [0.25, 0.3) is 0 Å². The molecule has 1 heterocycles. The van der Waals surface area contributed by atoms with Crippen LogP contribution in [0.2, 0.25) is 0 Å². The van der Waals surface area contributed by atoms with Gasteiger partial charge < -0.3 is 14.5 Å². The van der Waals surface area contributed by atoms with E-state index in [0.717, 1.165) is 29.1 Å². The summed E-state index contributed by atoms with van der Waals surface area (Å²) in [5.74, 6) is 1.91. The molecule has 2 aromatic rings. The molecular formula is C13H15BrNO2+. The fraction of sp³-hybridized carbons (Fsp3) is 0.231. The SMILES string of the molecule is COc1ccc(Br)cc1C[NH2+]Cc1ccco1. The molecule has 0 radical (unpaired) electrons. The van der Waals surface area contributed by atoms with E-state index in [-0.39, 0.29) is 0 Å². The van der Waals surface area contributed by atoms with Crippen molar-refractivity contribution in [1.29, 1.82) is 0 Å². The Kier molecular flexibility index (Phi) is 4.23. The van der Waals surface area contributed by atoms with Gasteiger partial charge in [0, 0.05) is 10.0 Å². The van der Waals surface area contributed by atoms with Crippen LogP contribution in [0.15, 0.2) is 45.5 Å². The third-order valence-electron chi connectivity index (χ3n) is 2.53. The van der Waals surface area contributed by atoms with Crippen LogP contribution in [0.3, 0.4) is 0 Å². The summed E-state index contributed by atoms with van der Waals surface area (Å²) in [6, 6.07) is 9.92. The summed E-state index contributed by atoms with van der Waals surface area (Å²) in [7, 11) is 1.69. The highest BCUT2D eigenvalue weighted by Crippen LogP contribution is 2.21. The van der Waals surface area contributed by atoms with E-state index in [9.17, 15) is 0 Å². The van der Waals surface area contributed by atoms with Gasteiger partial charge in [0.05, 0.1) is 13.4 Å². The van der Waals surface area contributed by atoms with E-state index in [1.807, 2.05) is 24.3 Å². The molecule has 1 aromatic heterocycles. The van der Waals surface area contributed by atoms with Crippen LogP contribution in [0.4, 0.5) is 0 Å². The molecule has 0 fully saturated rings. The lowest BCUT2D eigenvalue weighted by molar-refractivity contribution is -0.688. The Morgan fingerprint density at radius 2 is 2.18 bits per heavy atom. The normalized spacial score (nSPS) is 10.5. The molecule has 0 aliphatic carbocycles. The Hall–Kier alpha value is -1.26. The quantitative estimate of drug-likeness (QED) is 0.920. The van der Waals surface area contributed by atoms with Crippen molar-refractivity contribution in [3.8, 4) is 5.75 Å². The van der Waals surface area contributed by atoms with Gasteiger partial charge in [-0.3, -0.25) is 0 Å². The molecular weight excluding hydrogens is 282 g/mol. The number of hydrogen-bond acceptors (Lipinski definition) is 2. The molecule has 0 aliphatic heterocycles. The highest BCUT2D eigenvalue weighted by molar-refractivity contribution is 9.10. The van der Waals surface area contributed by atoms with E-state index < -0.39 is 0 Å². The summed E-state index contributed by atoms with van der Waals surface area (Å²) in [5.41, 5.74) is 1.17. The molecule has 2 N–H and O–H groups in total. The lowest BCUT2D eigenvalue weighted by Crippen LogP contribution is -2.80. The number of rotatable bonds is 5. The second kappa shape index (κ2) is 5.89. The molecule has 0 bridgehead atoms. The van der Waals surface area contributed by atoms with E-state index in [1.54, 1.807) is 13.4 Å².